The molecule has 1 saturated heterocycles. The summed E-state index contributed by atoms with van der Waals surface area (Å²) in [6.07, 6.45) is 0.735. The van der Waals surface area contributed by atoms with Crippen molar-refractivity contribution in [2.75, 3.05) is 38.5 Å². The number of aryl methyl sites for hydroxylation is 1. The number of pyridine rings is 1. The van der Waals surface area contributed by atoms with E-state index in [0.717, 1.165) is 36.4 Å². The van der Waals surface area contributed by atoms with E-state index in [4.69, 9.17) is 10.5 Å². The molecule has 8 heteroatoms. The van der Waals surface area contributed by atoms with Crippen LogP contribution in [0.5, 0.6) is 0 Å². The first kappa shape index (κ1) is 21.5. The second-order valence-electron chi connectivity index (χ2n) is 7.48. The fraction of sp³-hybridized carbons (Fsp3) is 0.476. The Kier molecular flexibility index (Phi) is 7.10. The first-order valence-corrected chi connectivity index (χ1v) is 9.73. The summed E-state index contributed by atoms with van der Waals surface area (Å²) < 4.78 is 47.3. The molecule has 2 atom stereocenters. The van der Waals surface area contributed by atoms with Gasteiger partial charge in [-0.2, -0.15) is 8.78 Å². The Morgan fingerprint density at radius 2 is 2.10 bits per heavy atom. The van der Waals surface area contributed by atoms with Crippen LogP contribution in [0.1, 0.15) is 16.8 Å². The summed E-state index contributed by atoms with van der Waals surface area (Å²) in [7, 11) is 0. The molecule has 29 heavy (non-hydrogen) atoms. The van der Waals surface area contributed by atoms with E-state index in [1.807, 2.05) is 19.1 Å². The van der Waals surface area contributed by atoms with Gasteiger partial charge in [0.05, 0.1) is 19.3 Å². The van der Waals surface area contributed by atoms with E-state index in [1.54, 1.807) is 0 Å². The zero-order valence-corrected chi connectivity index (χ0v) is 16.4. The van der Waals surface area contributed by atoms with Crippen molar-refractivity contribution in [3.63, 3.8) is 0 Å². The molecule has 158 valence electrons. The molecule has 1 aromatic carbocycles. The molecule has 3 rings (SSSR count). The molecule has 1 aliphatic rings. The molecular formula is C21H27F3N4O. The van der Waals surface area contributed by atoms with Crippen LogP contribution in [0.15, 0.2) is 36.4 Å². The number of nitrogens with zero attached hydrogens (tertiary/aromatic N) is 1. The standard InChI is InChI=1S/C21H27F3N4O/c1-14-7-18(28-20(25)8-14)9-15-11-27-12-19(15)29-6-5-26-13-21(23,24)16-3-2-4-17(22)10-16/h2-4,7-8,10,15,19,26-27H,5-6,9,11-13H2,1H3,(H2,25,28)/t15-,19+/m0/s1. The van der Waals surface area contributed by atoms with Crippen LogP contribution in [0.4, 0.5) is 19.0 Å². The highest BCUT2D eigenvalue weighted by molar-refractivity contribution is 5.34. The lowest BCUT2D eigenvalue weighted by Crippen LogP contribution is -2.34. The molecule has 2 heterocycles. The van der Waals surface area contributed by atoms with Crippen molar-refractivity contribution in [2.24, 2.45) is 5.92 Å². The third-order valence-electron chi connectivity index (χ3n) is 5.00. The van der Waals surface area contributed by atoms with E-state index >= 15 is 0 Å². The zero-order valence-electron chi connectivity index (χ0n) is 16.4. The van der Waals surface area contributed by atoms with Gasteiger partial charge in [0.15, 0.2) is 0 Å². The highest BCUT2D eigenvalue weighted by Crippen LogP contribution is 2.27. The van der Waals surface area contributed by atoms with Gasteiger partial charge in [-0.1, -0.05) is 12.1 Å². The molecule has 2 aromatic rings. The maximum atomic E-state index is 14.1. The summed E-state index contributed by atoms with van der Waals surface area (Å²) in [5.41, 5.74) is 7.48. The molecule has 0 bridgehead atoms. The van der Waals surface area contributed by atoms with Gasteiger partial charge < -0.3 is 21.1 Å². The van der Waals surface area contributed by atoms with Crippen LogP contribution >= 0.6 is 0 Å². The number of alkyl halides is 2. The molecule has 5 nitrogen and oxygen atoms in total. The van der Waals surface area contributed by atoms with Gasteiger partial charge in [0.25, 0.3) is 5.92 Å². The number of aromatic nitrogens is 1. The summed E-state index contributed by atoms with van der Waals surface area (Å²) in [5, 5.41) is 6.00. The molecular weight excluding hydrogens is 381 g/mol. The van der Waals surface area contributed by atoms with E-state index in [9.17, 15) is 13.2 Å². The number of hydrogen-bond donors (Lipinski definition) is 3. The van der Waals surface area contributed by atoms with Crippen molar-refractivity contribution in [3.05, 3.63) is 59.0 Å². The van der Waals surface area contributed by atoms with Crippen LogP contribution < -0.4 is 16.4 Å². The minimum atomic E-state index is -3.14. The third kappa shape index (κ3) is 6.16. The fourth-order valence-electron chi connectivity index (χ4n) is 3.59. The van der Waals surface area contributed by atoms with Gasteiger partial charge in [-0.05, 0) is 43.2 Å². The van der Waals surface area contributed by atoms with Crippen molar-refractivity contribution in [2.45, 2.75) is 25.4 Å². The molecule has 0 saturated carbocycles. The summed E-state index contributed by atoms with van der Waals surface area (Å²) in [6, 6.07) is 8.36. The molecule has 0 aliphatic carbocycles. The first-order chi connectivity index (χ1) is 13.8. The highest BCUT2D eigenvalue weighted by atomic mass is 19.3. The Labute approximate surface area is 168 Å². The van der Waals surface area contributed by atoms with E-state index in [1.165, 1.54) is 12.1 Å². The maximum Gasteiger partial charge on any atom is 0.285 e. The largest absolute Gasteiger partial charge is 0.384 e. The number of anilines is 1. The minimum absolute atomic E-state index is 0.0101. The highest BCUT2D eigenvalue weighted by Gasteiger charge is 2.31. The smallest absolute Gasteiger partial charge is 0.285 e. The predicted octanol–water partition coefficient (Wildman–Crippen LogP) is 2.64. The Morgan fingerprint density at radius 1 is 1.28 bits per heavy atom. The second-order valence-corrected chi connectivity index (χ2v) is 7.48. The number of benzene rings is 1. The maximum absolute atomic E-state index is 14.1. The lowest BCUT2D eigenvalue weighted by molar-refractivity contribution is -0.00825. The zero-order chi connectivity index (χ0) is 20.9. The first-order valence-electron chi connectivity index (χ1n) is 9.73. The Hall–Kier alpha value is -2.16. The van der Waals surface area contributed by atoms with Crippen molar-refractivity contribution in [1.29, 1.82) is 0 Å². The van der Waals surface area contributed by atoms with Crippen molar-refractivity contribution in [1.82, 2.24) is 15.6 Å². The Bertz CT molecular complexity index is 798. The number of ether oxygens (including phenoxy) is 1. The normalized spacial score (nSPS) is 19.6. The molecule has 1 aromatic heterocycles. The molecule has 0 amide bonds. The summed E-state index contributed by atoms with van der Waals surface area (Å²) in [6.45, 7) is 3.53. The second kappa shape index (κ2) is 9.56. The van der Waals surface area contributed by atoms with E-state index in [2.05, 4.69) is 15.6 Å². The quantitative estimate of drug-likeness (QED) is 0.557. The molecule has 0 spiro atoms. The minimum Gasteiger partial charge on any atom is -0.384 e. The Morgan fingerprint density at radius 3 is 2.86 bits per heavy atom. The lowest BCUT2D eigenvalue weighted by atomic mass is 9.99. The third-order valence-corrected chi connectivity index (χ3v) is 5.00. The molecule has 0 radical (unpaired) electrons. The van der Waals surface area contributed by atoms with Gasteiger partial charge in [0, 0.05) is 36.8 Å². The lowest BCUT2D eigenvalue weighted by Gasteiger charge is -2.21. The average molecular weight is 408 g/mol. The van der Waals surface area contributed by atoms with Gasteiger partial charge in [-0.15, -0.1) is 0 Å². The van der Waals surface area contributed by atoms with E-state index < -0.39 is 18.3 Å². The van der Waals surface area contributed by atoms with E-state index in [0.29, 0.717) is 19.0 Å². The topological polar surface area (TPSA) is 72.2 Å². The monoisotopic (exact) mass is 408 g/mol. The summed E-state index contributed by atoms with van der Waals surface area (Å²) in [5.74, 6) is -3.06. The number of nitrogens with two attached hydrogens (primary N) is 1. The Balaban J connectivity index is 1.42. The number of nitrogen functional groups attached to an aromatic ring is 1. The van der Waals surface area contributed by atoms with Crippen LogP contribution in [0, 0.1) is 18.7 Å². The van der Waals surface area contributed by atoms with Crippen LogP contribution in [0.2, 0.25) is 0 Å². The van der Waals surface area contributed by atoms with Crippen molar-refractivity contribution in [3.8, 4) is 0 Å². The molecule has 0 unspecified atom stereocenters. The van der Waals surface area contributed by atoms with Gasteiger partial charge in [0.2, 0.25) is 0 Å². The van der Waals surface area contributed by atoms with Crippen LogP contribution in [-0.4, -0.2) is 43.9 Å². The van der Waals surface area contributed by atoms with Gasteiger partial charge >= 0.3 is 0 Å². The van der Waals surface area contributed by atoms with Gasteiger partial charge in [-0.25, -0.2) is 9.37 Å². The van der Waals surface area contributed by atoms with Gasteiger partial charge in [-0.3, -0.25) is 0 Å². The fourth-order valence-corrected chi connectivity index (χ4v) is 3.59. The summed E-state index contributed by atoms with van der Waals surface area (Å²) >= 11 is 0. The SMILES string of the molecule is Cc1cc(N)nc(C[C@H]2CNC[C@H]2OCCNCC(F)(F)c2cccc(F)c2)c1. The molecule has 4 N–H and O–H groups in total. The average Bonchev–Trinajstić information content (AvgIpc) is 3.07. The number of rotatable bonds is 9. The molecule has 1 aliphatic heterocycles. The molecule has 1 fully saturated rings. The van der Waals surface area contributed by atoms with Crippen LogP contribution in [-0.2, 0) is 17.1 Å². The van der Waals surface area contributed by atoms with Crippen molar-refractivity contribution < 1.29 is 17.9 Å². The summed E-state index contributed by atoms with van der Waals surface area (Å²) in [4.78, 5) is 4.38. The van der Waals surface area contributed by atoms with E-state index in [-0.39, 0.29) is 24.1 Å². The van der Waals surface area contributed by atoms with Crippen LogP contribution in [0.3, 0.4) is 0 Å². The number of halogens is 3. The van der Waals surface area contributed by atoms with Gasteiger partial charge in [0.1, 0.15) is 11.6 Å². The predicted molar refractivity (Wildman–Crippen MR) is 106 cm³/mol. The van der Waals surface area contributed by atoms with Crippen molar-refractivity contribution >= 4 is 5.82 Å². The number of hydrogen-bond acceptors (Lipinski definition) is 5. The number of nitrogens with one attached hydrogen (secondary N) is 2. The van der Waals surface area contributed by atoms with Crippen LogP contribution in [0.25, 0.3) is 0 Å².